The van der Waals surface area contributed by atoms with E-state index in [1.165, 1.54) is 17.4 Å². The summed E-state index contributed by atoms with van der Waals surface area (Å²) >= 11 is 1.20. The number of methoxy groups -OCH3 is 1. The molecule has 4 aromatic rings. The highest BCUT2D eigenvalue weighted by molar-refractivity contribution is 7.20. The Balaban J connectivity index is 1.69. The Bertz CT molecular complexity index is 1160. The zero-order valence-corrected chi connectivity index (χ0v) is 14.4. The largest absolute Gasteiger partial charge is 0.497 e. The van der Waals surface area contributed by atoms with Crippen molar-refractivity contribution in [1.29, 1.82) is 0 Å². The number of carbonyl (C=O) groups excluding carboxylic acids is 1. The topological polar surface area (TPSA) is 51.2 Å². The molecule has 0 bridgehead atoms. The number of anilines is 1. The van der Waals surface area contributed by atoms with Crippen LogP contribution in [0.15, 0.2) is 48.5 Å². The van der Waals surface area contributed by atoms with E-state index >= 15 is 0 Å². The Hall–Kier alpha value is -3.06. The maximum atomic E-state index is 13.7. The van der Waals surface area contributed by atoms with Gasteiger partial charge < -0.3 is 10.1 Å². The smallest absolute Gasteiger partial charge is 0.265 e. The van der Waals surface area contributed by atoms with Crippen LogP contribution in [0.5, 0.6) is 5.75 Å². The van der Waals surface area contributed by atoms with Gasteiger partial charge in [0.25, 0.3) is 5.91 Å². The molecule has 1 amide bonds. The summed E-state index contributed by atoms with van der Waals surface area (Å²) in [5, 5.41) is 4.20. The van der Waals surface area contributed by atoms with Crippen molar-refractivity contribution in [3.63, 3.8) is 0 Å². The molecule has 0 unspecified atom stereocenters. The number of hydrogen-bond donors (Lipinski definition) is 1. The van der Waals surface area contributed by atoms with E-state index in [2.05, 4.69) is 10.3 Å². The van der Waals surface area contributed by atoms with Crippen LogP contribution in [0.4, 0.5) is 14.5 Å². The monoisotopic (exact) mass is 370 g/mol. The molecule has 0 saturated carbocycles. The standard InChI is InChI=1S/C19H12F2N2O2S/c1-25-13-4-2-10-6-11-7-17(26-19(11)23-16(10)9-13)18(24)22-15-5-3-12(20)8-14(15)21/h2-9H,1H3,(H,22,24). The normalized spacial score (nSPS) is 11.0. The molecule has 4 nitrogen and oxygen atoms in total. The maximum absolute atomic E-state index is 13.7. The molecule has 4 rings (SSSR count). The second kappa shape index (κ2) is 6.34. The van der Waals surface area contributed by atoms with Gasteiger partial charge in [0.05, 0.1) is 23.2 Å². The van der Waals surface area contributed by atoms with Gasteiger partial charge in [0.15, 0.2) is 0 Å². The number of rotatable bonds is 3. The minimum atomic E-state index is -0.824. The van der Waals surface area contributed by atoms with Gasteiger partial charge in [0.2, 0.25) is 0 Å². The van der Waals surface area contributed by atoms with Crippen LogP contribution in [0.1, 0.15) is 9.67 Å². The van der Waals surface area contributed by atoms with Crippen LogP contribution in [0.3, 0.4) is 0 Å². The molecule has 26 heavy (non-hydrogen) atoms. The van der Waals surface area contributed by atoms with Gasteiger partial charge >= 0.3 is 0 Å². The summed E-state index contributed by atoms with van der Waals surface area (Å²) in [6.45, 7) is 0. The number of amides is 1. The zero-order chi connectivity index (χ0) is 18.3. The zero-order valence-electron chi connectivity index (χ0n) is 13.5. The molecule has 2 aromatic carbocycles. The van der Waals surface area contributed by atoms with E-state index in [-0.39, 0.29) is 5.69 Å². The van der Waals surface area contributed by atoms with Crippen molar-refractivity contribution >= 4 is 44.1 Å². The minimum absolute atomic E-state index is 0.0725. The van der Waals surface area contributed by atoms with E-state index in [4.69, 9.17) is 4.74 Å². The molecule has 0 fully saturated rings. The fourth-order valence-corrected chi connectivity index (χ4v) is 3.54. The van der Waals surface area contributed by atoms with Gasteiger partial charge in [0, 0.05) is 22.9 Å². The summed E-state index contributed by atoms with van der Waals surface area (Å²) in [6, 6.07) is 12.2. The average molecular weight is 370 g/mol. The van der Waals surface area contributed by atoms with Gasteiger partial charge in [-0.05, 0) is 36.4 Å². The highest BCUT2D eigenvalue weighted by Gasteiger charge is 2.14. The number of nitrogens with one attached hydrogen (secondary N) is 1. The molecule has 2 aromatic heterocycles. The summed E-state index contributed by atoms with van der Waals surface area (Å²) in [4.78, 5) is 18.0. The minimum Gasteiger partial charge on any atom is -0.497 e. The number of hydrogen-bond acceptors (Lipinski definition) is 4. The van der Waals surface area contributed by atoms with Gasteiger partial charge in [-0.2, -0.15) is 0 Å². The highest BCUT2D eigenvalue weighted by atomic mass is 32.1. The first kappa shape index (κ1) is 16.4. The van der Waals surface area contributed by atoms with Gasteiger partial charge in [-0.1, -0.05) is 0 Å². The second-order valence-corrected chi connectivity index (χ2v) is 6.66. The van der Waals surface area contributed by atoms with E-state index in [0.29, 0.717) is 15.5 Å². The second-order valence-electron chi connectivity index (χ2n) is 5.63. The molecule has 0 saturated heterocycles. The summed E-state index contributed by atoms with van der Waals surface area (Å²) in [6.07, 6.45) is 0. The first-order valence-electron chi connectivity index (χ1n) is 7.68. The van der Waals surface area contributed by atoms with Crippen LogP contribution in [-0.2, 0) is 0 Å². The molecule has 1 N–H and O–H groups in total. The number of benzene rings is 2. The molecule has 0 spiro atoms. The van der Waals surface area contributed by atoms with Crippen LogP contribution in [0.2, 0.25) is 0 Å². The first-order valence-corrected chi connectivity index (χ1v) is 8.50. The fraction of sp³-hybridized carbons (Fsp3) is 0.0526. The molecule has 2 heterocycles. The number of fused-ring (bicyclic) bond motifs is 2. The van der Waals surface area contributed by atoms with Gasteiger partial charge in [-0.3, -0.25) is 4.79 Å². The van der Waals surface area contributed by atoms with Crippen molar-refractivity contribution in [2.24, 2.45) is 0 Å². The van der Waals surface area contributed by atoms with Crippen LogP contribution < -0.4 is 10.1 Å². The highest BCUT2D eigenvalue weighted by Crippen LogP contribution is 2.29. The van der Waals surface area contributed by atoms with Crippen LogP contribution in [-0.4, -0.2) is 18.0 Å². The molecule has 130 valence electrons. The van der Waals surface area contributed by atoms with Gasteiger partial charge in [0.1, 0.15) is 22.2 Å². The molecule has 0 aliphatic carbocycles. The molecule has 7 heteroatoms. The Kier molecular flexibility index (Phi) is 4.00. The lowest BCUT2D eigenvalue weighted by molar-refractivity contribution is 0.103. The third-order valence-corrected chi connectivity index (χ3v) is 4.96. The third-order valence-electron chi connectivity index (χ3n) is 3.91. The summed E-state index contributed by atoms with van der Waals surface area (Å²) in [5.41, 5.74) is 0.687. The number of carbonyl (C=O) groups is 1. The van der Waals surface area contributed by atoms with Crippen LogP contribution in [0.25, 0.3) is 21.1 Å². The Morgan fingerprint density at radius 3 is 2.69 bits per heavy atom. The average Bonchev–Trinajstić information content (AvgIpc) is 3.04. The molecule has 0 aliphatic heterocycles. The van der Waals surface area contributed by atoms with E-state index < -0.39 is 17.5 Å². The van der Waals surface area contributed by atoms with Crippen LogP contribution >= 0.6 is 11.3 Å². The molecule has 0 aliphatic rings. The number of aromatic nitrogens is 1. The third kappa shape index (κ3) is 2.97. The van der Waals surface area contributed by atoms with Crippen molar-refractivity contribution < 1.29 is 18.3 Å². The SMILES string of the molecule is COc1ccc2cc3cc(C(=O)Nc4ccc(F)cc4F)sc3nc2c1. The number of pyridine rings is 1. The lowest BCUT2D eigenvalue weighted by atomic mass is 10.2. The lowest BCUT2D eigenvalue weighted by Crippen LogP contribution is -2.11. The quantitative estimate of drug-likeness (QED) is 0.553. The number of ether oxygens (including phenoxy) is 1. The van der Waals surface area contributed by atoms with Crippen molar-refractivity contribution in [2.45, 2.75) is 0 Å². The van der Waals surface area contributed by atoms with Crippen LogP contribution in [0, 0.1) is 11.6 Å². The van der Waals surface area contributed by atoms with Crippen molar-refractivity contribution in [2.75, 3.05) is 12.4 Å². The Morgan fingerprint density at radius 2 is 1.92 bits per heavy atom. The van der Waals surface area contributed by atoms with Gasteiger partial charge in [-0.25, -0.2) is 13.8 Å². The fourth-order valence-electron chi connectivity index (χ4n) is 2.62. The van der Waals surface area contributed by atoms with Crippen molar-refractivity contribution in [3.8, 4) is 5.75 Å². The number of thiophene rings is 1. The summed E-state index contributed by atoms with van der Waals surface area (Å²) in [5.74, 6) is -1.30. The number of nitrogens with zero attached hydrogens (tertiary/aromatic N) is 1. The lowest BCUT2D eigenvalue weighted by Gasteiger charge is -2.04. The Labute approximate surface area is 151 Å². The van der Waals surface area contributed by atoms with E-state index in [0.717, 1.165) is 28.4 Å². The predicted octanol–water partition coefficient (Wildman–Crippen LogP) is 4.99. The summed E-state index contributed by atoms with van der Waals surface area (Å²) < 4.78 is 31.9. The van der Waals surface area contributed by atoms with Crippen molar-refractivity contribution in [1.82, 2.24) is 4.98 Å². The van der Waals surface area contributed by atoms with E-state index in [1.54, 1.807) is 13.2 Å². The van der Waals surface area contributed by atoms with Crippen molar-refractivity contribution in [3.05, 3.63) is 65.0 Å². The predicted molar refractivity (Wildman–Crippen MR) is 98.0 cm³/mol. The molecule has 0 radical (unpaired) electrons. The molecular weight excluding hydrogens is 358 g/mol. The maximum Gasteiger partial charge on any atom is 0.265 e. The summed E-state index contributed by atoms with van der Waals surface area (Å²) in [7, 11) is 1.59. The van der Waals surface area contributed by atoms with E-state index in [9.17, 15) is 13.6 Å². The Morgan fingerprint density at radius 1 is 1.08 bits per heavy atom. The number of halogens is 2. The van der Waals surface area contributed by atoms with Gasteiger partial charge in [-0.15, -0.1) is 11.3 Å². The van der Waals surface area contributed by atoms with E-state index in [1.807, 2.05) is 24.3 Å². The first-order chi connectivity index (χ1) is 12.5. The molecule has 0 atom stereocenters. The molecular formula is C19H12F2N2O2S.